The van der Waals surface area contributed by atoms with Crippen LogP contribution < -0.4 is 4.74 Å². The zero-order valence-electron chi connectivity index (χ0n) is 11.2. The van der Waals surface area contributed by atoms with E-state index in [2.05, 4.69) is 9.97 Å². The molecule has 0 saturated carbocycles. The number of methoxy groups -OCH3 is 1. The standard InChI is InChI=1S/C14H14ClN3O2/c1-18(9-10-4-3-5-11(6-10)20-2)14(19)12-7-17-13(15)8-16-12/h3-8H,9H2,1-2H3. The molecule has 2 aromatic rings. The third-order valence-corrected chi connectivity index (χ3v) is 2.94. The molecule has 1 aromatic heterocycles. The van der Waals surface area contributed by atoms with Crippen molar-refractivity contribution in [3.05, 3.63) is 53.1 Å². The van der Waals surface area contributed by atoms with Gasteiger partial charge in [0.2, 0.25) is 0 Å². The van der Waals surface area contributed by atoms with Crippen molar-refractivity contribution in [1.29, 1.82) is 0 Å². The van der Waals surface area contributed by atoms with E-state index in [1.165, 1.54) is 12.4 Å². The molecule has 0 unspecified atom stereocenters. The number of aromatic nitrogens is 2. The molecule has 0 fully saturated rings. The second-order valence-corrected chi connectivity index (χ2v) is 4.62. The van der Waals surface area contributed by atoms with E-state index in [0.29, 0.717) is 6.54 Å². The molecule has 5 nitrogen and oxygen atoms in total. The molecule has 0 spiro atoms. The van der Waals surface area contributed by atoms with Crippen LogP contribution in [0.2, 0.25) is 5.15 Å². The van der Waals surface area contributed by atoms with E-state index in [-0.39, 0.29) is 16.8 Å². The molecular formula is C14H14ClN3O2. The zero-order valence-corrected chi connectivity index (χ0v) is 12.0. The molecule has 0 aliphatic carbocycles. The van der Waals surface area contributed by atoms with Crippen molar-refractivity contribution in [1.82, 2.24) is 14.9 Å². The molecule has 0 radical (unpaired) electrons. The van der Waals surface area contributed by atoms with Gasteiger partial charge in [-0.15, -0.1) is 0 Å². The monoisotopic (exact) mass is 291 g/mol. The van der Waals surface area contributed by atoms with Gasteiger partial charge in [0, 0.05) is 13.6 Å². The smallest absolute Gasteiger partial charge is 0.274 e. The van der Waals surface area contributed by atoms with Crippen molar-refractivity contribution < 1.29 is 9.53 Å². The molecule has 2 rings (SSSR count). The summed E-state index contributed by atoms with van der Waals surface area (Å²) >= 11 is 5.65. The summed E-state index contributed by atoms with van der Waals surface area (Å²) in [7, 11) is 3.31. The van der Waals surface area contributed by atoms with Gasteiger partial charge in [-0.1, -0.05) is 23.7 Å². The second-order valence-electron chi connectivity index (χ2n) is 4.24. The Bertz CT molecular complexity index is 602. The summed E-state index contributed by atoms with van der Waals surface area (Å²) in [6, 6.07) is 7.56. The van der Waals surface area contributed by atoms with Gasteiger partial charge < -0.3 is 9.64 Å². The van der Waals surface area contributed by atoms with Crippen LogP contribution in [0, 0.1) is 0 Å². The highest BCUT2D eigenvalue weighted by atomic mass is 35.5. The number of hydrogen-bond donors (Lipinski definition) is 0. The maximum Gasteiger partial charge on any atom is 0.274 e. The Hall–Kier alpha value is -2.14. The van der Waals surface area contributed by atoms with Gasteiger partial charge in [0.05, 0.1) is 19.5 Å². The Balaban J connectivity index is 2.09. The lowest BCUT2D eigenvalue weighted by Gasteiger charge is -2.17. The number of nitrogens with zero attached hydrogens (tertiary/aromatic N) is 3. The summed E-state index contributed by atoms with van der Waals surface area (Å²) in [5, 5.41) is 0.261. The van der Waals surface area contributed by atoms with Crippen LogP contribution in [0.4, 0.5) is 0 Å². The van der Waals surface area contributed by atoms with E-state index in [0.717, 1.165) is 11.3 Å². The van der Waals surface area contributed by atoms with Crippen LogP contribution in [0.1, 0.15) is 16.1 Å². The second kappa shape index (κ2) is 6.34. The number of amides is 1. The first-order chi connectivity index (χ1) is 9.60. The van der Waals surface area contributed by atoms with E-state index in [9.17, 15) is 4.79 Å². The number of benzene rings is 1. The van der Waals surface area contributed by atoms with Crippen LogP contribution in [0.25, 0.3) is 0 Å². The zero-order chi connectivity index (χ0) is 14.5. The lowest BCUT2D eigenvalue weighted by atomic mass is 10.2. The highest BCUT2D eigenvalue weighted by Crippen LogP contribution is 2.14. The first-order valence-electron chi connectivity index (χ1n) is 5.96. The van der Waals surface area contributed by atoms with Crippen molar-refractivity contribution in [2.24, 2.45) is 0 Å². The van der Waals surface area contributed by atoms with Gasteiger partial charge in [-0.3, -0.25) is 4.79 Å². The average Bonchev–Trinajstić information content (AvgIpc) is 2.47. The van der Waals surface area contributed by atoms with Gasteiger partial charge in [-0.25, -0.2) is 9.97 Å². The van der Waals surface area contributed by atoms with Crippen LogP contribution in [0.15, 0.2) is 36.7 Å². The highest BCUT2D eigenvalue weighted by Gasteiger charge is 2.14. The van der Waals surface area contributed by atoms with Gasteiger partial charge in [0.15, 0.2) is 0 Å². The summed E-state index contributed by atoms with van der Waals surface area (Å²) in [6.45, 7) is 0.459. The maximum atomic E-state index is 12.2. The lowest BCUT2D eigenvalue weighted by molar-refractivity contribution is 0.0778. The van der Waals surface area contributed by atoms with Gasteiger partial charge in [-0.2, -0.15) is 0 Å². The normalized spacial score (nSPS) is 10.2. The maximum absolute atomic E-state index is 12.2. The molecule has 0 atom stereocenters. The Morgan fingerprint density at radius 1 is 1.35 bits per heavy atom. The SMILES string of the molecule is COc1cccc(CN(C)C(=O)c2cnc(Cl)cn2)c1. The molecule has 0 aliphatic rings. The largest absolute Gasteiger partial charge is 0.497 e. The number of carbonyl (C=O) groups excluding carboxylic acids is 1. The molecule has 1 aromatic carbocycles. The molecule has 20 heavy (non-hydrogen) atoms. The van der Waals surface area contributed by atoms with Crippen molar-refractivity contribution in [2.75, 3.05) is 14.2 Å². The van der Waals surface area contributed by atoms with Crippen LogP contribution >= 0.6 is 11.6 Å². The Morgan fingerprint density at radius 3 is 2.80 bits per heavy atom. The van der Waals surface area contributed by atoms with E-state index in [4.69, 9.17) is 16.3 Å². The van der Waals surface area contributed by atoms with Gasteiger partial charge in [0.25, 0.3) is 5.91 Å². The Morgan fingerprint density at radius 2 is 2.15 bits per heavy atom. The minimum Gasteiger partial charge on any atom is -0.497 e. The molecule has 0 N–H and O–H groups in total. The van der Waals surface area contributed by atoms with Gasteiger partial charge >= 0.3 is 0 Å². The summed E-state index contributed by atoms with van der Waals surface area (Å²) in [4.78, 5) is 21.5. The molecule has 104 valence electrons. The van der Waals surface area contributed by atoms with Crippen molar-refractivity contribution in [3.63, 3.8) is 0 Å². The third-order valence-electron chi connectivity index (χ3n) is 2.74. The molecule has 0 saturated heterocycles. The molecule has 1 amide bonds. The van der Waals surface area contributed by atoms with Crippen LogP contribution in [0.3, 0.4) is 0 Å². The van der Waals surface area contributed by atoms with E-state index >= 15 is 0 Å². The van der Waals surface area contributed by atoms with Crippen LogP contribution in [0.5, 0.6) is 5.75 Å². The Kier molecular flexibility index (Phi) is 4.53. The fraction of sp³-hybridized carbons (Fsp3) is 0.214. The van der Waals surface area contributed by atoms with E-state index in [1.54, 1.807) is 19.1 Å². The summed E-state index contributed by atoms with van der Waals surface area (Å²) in [5.41, 5.74) is 1.24. The van der Waals surface area contributed by atoms with E-state index < -0.39 is 0 Å². The Labute approximate surface area is 122 Å². The summed E-state index contributed by atoms with van der Waals surface area (Å²) in [5.74, 6) is 0.548. The van der Waals surface area contributed by atoms with Crippen molar-refractivity contribution in [2.45, 2.75) is 6.54 Å². The first-order valence-corrected chi connectivity index (χ1v) is 6.34. The summed E-state index contributed by atoms with van der Waals surface area (Å²) in [6.07, 6.45) is 2.72. The van der Waals surface area contributed by atoms with Crippen molar-refractivity contribution in [3.8, 4) is 5.75 Å². The minimum absolute atomic E-state index is 0.211. The molecule has 0 aliphatic heterocycles. The molecule has 1 heterocycles. The van der Waals surface area contributed by atoms with E-state index in [1.807, 2.05) is 24.3 Å². The van der Waals surface area contributed by atoms with Crippen LogP contribution in [-0.4, -0.2) is 34.9 Å². The first kappa shape index (κ1) is 14.3. The predicted molar refractivity (Wildman–Crippen MR) is 75.8 cm³/mol. The average molecular weight is 292 g/mol. The molecule has 0 bridgehead atoms. The predicted octanol–water partition coefficient (Wildman–Crippen LogP) is 2.41. The number of halogens is 1. The highest BCUT2D eigenvalue weighted by molar-refractivity contribution is 6.29. The number of carbonyl (C=O) groups is 1. The quantitative estimate of drug-likeness (QED) is 0.868. The minimum atomic E-state index is -0.211. The molecular weight excluding hydrogens is 278 g/mol. The fourth-order valence-electron chi connectivity index (χ4n) is 1.73. The summed E-state index contributed by atoms with van der Waals surface area (Å²) < 4.78 is 5.15. The fourth-order valence-corrected chi connectivity index (χ4v) is 1.83. The number of ether oxygens (including phenoxy) is 1. The van der Waals surface area contributed by atoms with Crippen molar-refractivity contribution >= 4 is 17.5 Å². The number of rotatable bonds is 4. The molecule has 6 heteroatoms. The van der Waals surface area contributed by atoms with Crippen LogP contribution in [-0.2, 0) is 6.54 Å². The van der Waals surface area contributed by atoms with Gasteiger partial charge in [0.1, 0.15) is 16.6 Å². The lowest BCUT2D eigenvalue weighted by Crippen LogP contribution is -2.27. The van der Waals surface area contributed by atoms with Gasteiger partial charge in [-0.05, 0) is 17.7 Å². The number of hydrogen-bond acceptors (Lipinski definition) is 4. The topological polar surface area (TPSA) is 55.3 Å². The third kappa shape index (κ3) is 3.45.